The van der Waals surface area contributed by atoms with Gasteiger partial charge < -0.3 is 13.9 Å². The van der Waals surface area contributed by atoms with Gasteiger partial charge in [-0.3, -0.25) is 0 Å². The number of fused-ring (bicyclic) bond motifs is 1. The molecule has 0 N–H and O–H groups in total. The minimum Gasteiger partial charge on any atom is -0.482 e. The number of rotatable bonds is 4. The zero-order valence-electron chi connectivity index (χ0n) is 10.8. The second-order valence-electron chi connectivity index (χ2n) is 4.00. The topological polar surface area (TPSA) is 65.7 Å². The van der Waals surface area contributed by atoms with Gasteiger partial charge in [0.05, 0.1) is 6.61 Å². The van der Waals surface area contributed by atoms with E-state index >= 15 is 0 Å². The molecule has 2 aromatic rings. The fraction of sp³-hybridized carbons (Fsp3) is 0.286. The molecule has 1 aromatic heterocycles. The van der Waals surface area contributed by atoms with E-state index in [4.69, 9.17) is 13.9 Å². The van der Waals surface area contributed by atoms with Gasteiger partial charge in [-0.1, -0.05) is 0 Å². The van der Waals surface area contributed by atoms with Crippen molar-refractivity contribution in [2.45, 2.75) is 13.8 Å². The van der Waals surface area contributed by atoms with E-state index in [1.807, 2.05) is 6.92 Å². The summed E-state index contributed by atoms with van der Waals surface area (Å²) in [4.78, 5) is 22.4. The van der Waals surface area contributed by atoms with Crippen LogP contribution in [0.2, 0.25) is 0 Å². The second kappa shape index (κ2) is 5.56. The summed E-state index contributed by atoms with van der Waals surface area (Å²) in [6, 6.07) is 6.44. The van der Waals surface area contributed by atoms with Crippen molar-refractivity contribution >= 4 is 16.9 Å². The fourth-order valence-corrected chi connectivity index (χ4v) is 1.75. The van der Waals surface area contributed by atoms with Crippen LogP contribution in [0.1, 0.15) is 12.5 Å². The molecule has 100 valence electrons. The summed E-state index contributed by atoms with van der Waals surface area (Å²) in [7, 11) is 0. The number of ether oxygens (including phenoxy) is 2. The molecule has 0 aliphatic rings. The molecule has 0 radical (unpaired) electrons. The maximum Gasteiger partial charge on any atom is 0.344 e. The average Bonchev–Trinajstić information content (AvgIpc) is 2.36. The molecule has 19 heavy (non-hydrogen) atoms. The smallest absolute Gasteiger partial charge is 0.344 e. The van der Waals surface area contributed by atoms with Crippen LogP contribution in [0.3, 0.4) is 0 Å². The van der Waals surface area contributed by atoms with Gasteiger partial charge in [0.25, 0.3) is 0 Å². The molecule has 0 saturated carbocycles. The van der Waals surface area contributed by atoms with Crippen molar-refractivity contribution in [3.05, 3.63) is 40.2 Å². The SMILES string of the molecule is CCOC(=O)COc1cc(C)c2ccc(=O)oc2c1. The number of carbonyl (C=O) groups is 1. The lowest BCUT2D eigenvalue weighted by atomic mass is 10.1. The van der Waals surface area contributed by atoms with Crippen molar-refractivity contribution in [2.75, 3.05) is 13.2 Å². The van der Waals surface area contributed by atoms with Crippen LogP contribution in [0.25, 0.3) is 11.0 Å². The summed E-state index contributed by atoms with van der Waals surface area (Å²) in [5.74, 6) is 0.0298. The number of hydrogen-bond acceptors (Lipinski definition) is 5. The van der Waals surface area contributed by atoms with Crippen LogP contribution in [-0.2, 0) is 9.53 Å². The van der Waals surface area contributed by atoms with Crippen molar-refractivity contribution in [2.24, 2.45) is 0 Å². The van der Waals surface area contributed by atoms with Crippen molar-refractivity contribution < 1.29 is 18.7 Å². The Hall–Kier alpha value is -2.30. The van der Waals surface area contributed by atoms with E-state index in [0.717, 1.165) is 10.9 Å². The first-order chi connectivity index (χ1) is 9.10. The summed E-state index contributed by atoms with van der Waals surface area (Å²) in [6.45, 7) is 3.75. The third-order valence-electron chi connectivity index (χ3n) is 2.58. The van der Waals surface area contributed by atoms with Gasteiger partial charge in [-0.15, -0.1) is 0 Å². The van der Waals surface area contributed by atoms with Crippen LogP contribution in [0.15, 0.2) is 33.5 Å². The minimum atomic E-state index is -0.435. The molecular weight excluding hydrogens is 248 g/mol. The normalized spacial score (nSPS) is 10.4. The third kappa shape index (κ3) is 3.13. The molecule has 0 spiro atoms. The monoisotopic (exact) mass is 262 g/mol. The van der Waals surface area contributed by atoms with Crippen LogP contribution in [0.5, 0.6) is 5.75 Å². The van der Waals surface area contributed by atoms with E-state index in [9.17, 15) is 9.59 Å². The van der Waals surface area contributed by atoms with Crippen molar-refractivity contribution in [1.29, 1.82) is 0 Å². The first-order valence-corrected chi connectivity index (χ1v) is 5.93. The van der Waals surface area contributed by atoms with E-state index in [0.29, 0.717) is 17.9 Å². The van der Waals surface area contributed by atoms with Gasteiger partial charge in [-0.2, -0.15) is 0 Å². The highest BCUT2D eigenvalue weighted by molar-refractivity contribution is 5.81. The number of carbonyl (C=O) groups excluding carboxylic acids is 1. The van der Waals surface area contributed by atoms with Crippen LogP contribution >= 0.6 is 0 Å². The van der Waals surface area contributed by atoms with E-state index in [2.05, 4.69) is 0 Å². The number of hydrogen-bond donors (Lipinski definition) is 0. The Morgan fingerprint density at radius 3 is 2.84 bits per heavy atom. The number of esters is 1. The molecule has 0 bridgehead atoms. The lowest BCUT2D eigenvalue weighted by Crippen LogP contribution is -2.14. The van der Waals surface area contributed by atoms with Gasteiger partial charge in [-0.25, -0.2) is 9.59 Å². The standard InChI is InChI=1S/C14H14O5/c1-3-17-14(16)8-18-10-6-9(2)11-4-5-13(15)19-12(11)7-10/h4-7H,3,8H2,1-2H3. The van der Waals surface area contributed by atoms with Crippen molar-refractivity contribution in [1.82, 2.24) is 0 Å². The highest BCUT2D eigenvalue weighted by atomic mass is 16.6. The number of benzene rings is 1. The quantitative estimate of drug-likeness (QED) is 0.623. The molecule has 0 atom stereocenters. The Morgan fingerprint density at radius 2 is 2.11 bits per heavy atom. The van der Waals surface area contributed by atoms with Crippen molar-refractivity contribution in [3.8, 4) is 5.75 Å². The molecule has 1 aromatic carbocycles. The highest BCUT2D eigenvalue weighted by Crippen LogP contribution is 2.23. The van der Waals surface area contributed by atoms with Crippen LogP contribution in [0, 0.1) is 6.92 Å². The fourth-order valence-electron chi connectivity index (χ4n) is 1.75. The largest absolute Gasteiger partial charge is 0.482 e. The molecule has 0 aliphatic carbocycles. The predicted molar refractivity (Wildman–Crippen MR) is 69.3 cm³/mol. The minimum absolute atomic E-state index is 0.171. The highest BCUT2D eigenvalue weighted by Gasteiger charge is 2.07. The molecule has 0 unspecified atom stereocenters. The third-order valence-corrected chi connectivity index (χ3v) is 2.58. The van der Waals surface area contributed by atoms with Gasteiger partial charge in [-0.05, 0) is 31.5 Å². The lowest BCUT2D eigenvalue weighted by molar-refractivity contribution is -0.145. The molecule has 1 heterocycles. The van der Waals surface area contributed by atoms with Crippen LogP contribution in [0.4, 0.5) is 0 Å². The van der Waals surface area contributed by atoms with E-state index < -0.39 is 11.6 Å². The predicted octanol–water partition coefficient (Wildman–Crippen LogP) is 2.04. The van der Waals surface area contributed by atoms with Gasteiger partial charge in [0, 0.05) is 17.5 Å². The molecular formula is C14H14O5. The van der Waals surface area contributed by atoms with Gasteiger partial charge in [0.1, 0.15) is 11.3 Å². The first kappa shape index (κ1) is 13.1. The Kier molecular flexibility index (Phi) is 3.85. The maximum absolute atomic E-state index is 11.2. The van der Waals surface area contributed by atoms with Crippen LogP contribution < -0.4 is 10.4 Å². The zero-order chi connectivity index (χ0) is 13.8. The maximum atomic E-state index is 11.2. The molecule has 5 heteroatoms. The van der Waals surface area contributed by atoms with Crippen molar-refractivity contribution in [3.63, 3.8) is 0 Å². The van der Waals surface area contributed by atoms with E-state index in [-0.39, 0.29) is 6.61 Å². The van der Waals surface area contributed by atoms with E-state index in [1.165, 1.54) is 6.07 Å². The summed E-state index contributed by atoms with van der Waals surface area (Å²) in [5, 5.41) is 0.836. The Bertz CT molecular complexity index is 656. The molecule has 2 rings (SSSR count). The Morgan fingerprint density at radius 1 is 1.32 bits per heavy atom. The van der Waals surface area contributed by atoms with Gasteiger partial charge in [0.2, 0.25) is 0 Å². The molecule has 5 nitrogen and oxygen atoms in total. The lowest BCUT2D eigenvalue weighted by Gasteiger charge is -2.08. The van der Waals surface area contributed by atoms with Gasteiger partial charge in [0.15, 0.2) is 6.61 Å². The van der Waals surface area contributed by atoms with E-state index in [1.54, 1.807) is 25.1 Å². The molecule has 0 aliphatic heterocycles. The molecule has 0 fully saturated rings. The average molecular weight is 262 g/mol. The van der Waals surface area contributed by atoms with Gasteiger partial charge >= 0.3 is 11.6 Å². The van der Waals surface area contributed by atoms with Crippen LogP contribution in [-0.4, -0.2) is 19.2 Å². The summed E-state index contributed by atoms with van der Waals surface area (Å²) in [6.07, 6.45) is 0. The second-order valence-corrected chi connectivity index (χ2v) is 4.00. The molecule has 0 amide bonds. The summed E-state index contributed by atoms with van der Waals surface area (Å²) < 4.78 is 15.2. The number of aryl methyl sites for hydroxylation is 1. The Balaban J connectivity index is 2.25. The summed E-state index contributed by atoms with van der Waals surface area (Å²) in [5.41, 5.74) is 0.918. The summed E-state index contributed by atoms with van der Waals surface area (Å²) >= 11 is 0. The Labute approximate surface area is 109 Å². The molecule has 0 saturated heterocycles. The zero-order valence-corrected chi connectivity index (χ0v) is 10.8. The first-order valence-electron chi connectivity index (χ1n) is 5.93.